The van der Waals surface area contributed by atoms with Crippen molar-refractivity contribution in [3.63, 3.8) is 0 Å². The molecule has 0 unspecified atom stereocenters. The number of hydrogen-bond donors (Lipinski definition) is 5. The van der Waals surface area contributed by atoms with Crippen LogP contribution in [0.2, 0.25) is 0 Å². The van der Waals surface area contributed by atoms with E-state index in [0.29, 0.717) is 24.3 Å². The van der Waals surface area contributed by atoms with Gasteiger partial charge in [-0.1, -0.05) is 11.8 Å². The van der Waals surface area contributed by atoms with E-state index in [-0.39, 0.29) is 29.0 Å². The Morgan fingerprint density at radius 3 is 2.13 bits per heavy atom. The summed E-state index contributed by atoms with van der Waals surface area (Å²) in [5, 5.41) is 11.4. The zero-order valence-electron chi connectivity index (χ0n) is 26.5. The average Bonchev–Trinajstić information content (AvgIpc) is 3.00. The number of nitrogens with one attached hydrogen (secondary N) is 5. The minimum absolute atomic E-state index is 0.0662. The molecule has 3 rings (SSSR count). The molecule has 0 radical (unpaired) electrons. The molecule has 4 amide bonds. The number of thioether (sulfide) groups is 1. The number of aromatic nitrogens is 5. The van der Waals surface area contributed by atoms with Crippen molar-refractivity contribution in [2.24, 2.45) is 0 Å². The summed E-state index contributed by atoms with van der Waals surface area (Å²) in [6.45, 7) is 6.92. The number of hydrogen-bond acceptors (Lipinski definition) is 15. The molecule has 3 aromatic rings. The summed E-state index contributed by atoms with van der Waals surface area (Å²) in [6, 6.07) is 4.08. The van der Waals surface area contributed by atoms with E-state index in [1.54, 1.807) is 4.72 Å². The Balaban J connectivity index is 0.000000410. The number of ether oxygens (including phenoxy) is 2. The summed E-state index contributed by atoms with van der Waals surface area (Å²) in [7, 11) is 0.991. The number of nitrogens with zero attached hydrogens (tertiary/aromatic N) is 6. The maximum absolute atomic E-state index is 12.8. The van der Waals surface area contributed by atoms with Gasteiger partial charge < -0.3 is 30.3 Å². The number of carbonyl (C=O) groups is 3. The van der Waals surface area contributed by atoms with Gasteiger partial charge in [-0.3, -0.25) is 14.9 Å². The molecule has 0 bridgehead atoms. The summed E-state index contributed by atoms with van der Waals surface area (Å²) in [5.74, 6) is 0.470. The van der Waals surface area contributed by atoms with E-state index >= 15 is 0 Å². The lowest BCUT2D eigenvalue weighted by Crippen LogP contribution is -2.36. The zero-order chi connectivity index (χ0) is 34.4. The molecule has 0 aliphatic heterocycles. The smallest absolute Gasteiger partial charge is 0.335 e. The molecule has 0 saturated carbocycles. The molecule has 0 saturated heterocycles. The molecule has 46 heavy (non-hydrogen) atoms. The topological polar surface area (TPSA) is 232 Å². The van der Waals surface area contributed by atoms with Crippen LogP contribution in [0.4, 0.5) is 28.3 Å². The lowest BCUT2D eigenvalue weighted by Gasteiger charge is -2.16. The Bertz CT molecular complexity index is 1600. The van der Waals surface area contributed by atoms with Gasteiger partial charge in [0.15, 0.2) is 5.16 Å². The normalized spacial score (nSPS) is 10.5. The van der Waals surface area contributed by atoms with Crippen molar-refractivity contribution >= 4 is 63.7 Å². The summed E-state index contributed by atoms with van der Waals surface area (Å²) in [6.07, 6.45) is 2.29. The van der Waals surface area contributed by atoms with E-state index in [9.17, 15) is 22.8 Å². The molecule has 250 valence electrons. The van der Waals surface area contributed by atoms with Crippen LogP contribution in [0.1, 0.15) is 31.1 Å². The largest absolute Gasteiger partial charge is 0.481 e. The van der Waals surface area contributed by atoms with E-state index < -0.39 is 26.9 Å². The van der Waals surface area contributed by atoms with E-state index in [1.165, 1.54) is 58.3 Å². The molecule has 0 aliphatic rings. The number of amides is 4. The van der Waals surface area contributed by atoms with Crippen LogP contribution >= 0.6 is 11.8 Å². The van der Waals surface area contributed by atoms with Crippen molar-refractivity contribution in [1.82, 2.24) is 34.5 Å². The average molecular weight is 680 g/mol. The Kier molecular flexibility index (Phi) is 14.1. The third-order valence-corrected chi connectivity index (χ3v) is 7.15. The number of rotatable bonds is 13. The number of benzene rings is 1. The number of anilines is 4. The first-order chi connectivity index (χ1) is 21.8. The number of sulfonamides is 1. The summed E-state index contributed by atoms with van der Waals surface area (Å²) >= 11 is 1.51. The maximum atomic E-state index is 12.8. The molecule has 0 aliphatic carbocycles. The van der Waals surface area contributed by atoms with Crippen molar-refractivity contribution in [2.45, 2.75) is 36.9 Å². The first-order valence-corrected chi connectivity index (χ1v) is 16.1. The van der Waals surface area contributed by atoms with E-state index in [4.69, 9.17) is 9.47 Å². The van der Waals surface area contributed by atoms with Gasteiger partial charge in [-0.05, 0) is 45.2 Å². The molecule has 0 atom stereocenters. The molecular formula is C26H37N11O7S2. The lowest BCUT2D eigenvalue weighted by molar-refractivity contribution is -0.105. The fourth-order valence-corrected chi connectivity index (χ4v) is 4.79. The summed E-state index contributed by atoms with van der Waals surface area (Å²) in [5.41, 5.74) is -0.104. The monoisotopic (exact) mass is 679 g/mol. The molecule has 5 N–H and O–H groups in total. The third kappa shape index (κ3) is 11.2. The third-order valence-electron chi connectivity index (χ3n) is 5.23. The zero-order valence-corrected chi connectivity index (χ0v) is 28.2. The molecule has 2 aromatic heterocycles. The lowest BCUT2D eigenvalue weighted by atomic mass is 10.2. The molecule has 1 aromatic carbocycles. The highest BCUT2D eigenvalue weighted by Gasteiger charge is 2.26. The highest BCUT2D eigenvalue weighted by Crippen LogP contribution is 2.22. The standard InChI is InChI=1S/C17H20N6O7S.C9H17N5S/c1-23(2)15(25)11-6-5-10(18-9-24)7-12(11)31(27,28)22-17(26)21-16-19-13(29-3)8-14(20-16)30-4;1-5-10-7-12-8(11-6(2)3)14-9(13-7)15-4/h5-9H,1-4H3,(H,18,24)(H2,19,20,21,22,26);6H,5H2,1-4H3,(H2,10,11,12,13,14). The van der Waals surface area contributed by atoms with Crippen LogP contribution in [0.3, 0.4) is 0 Å². The second kappa shape index (κ2) is 17.5. The predicted molar refractivity (Wildman–Crippen MR) is 173 cm³/mol. The van der Waals surface area contributed by atoms with Gasteiger partial charge in [0.2, 0.25) is 36.0 Å². The van der Waals surface area contributed by atoms with Gasteiger partial charge >= 0.3 is 6.03 Å². The minimum Gasteiger partial charge on any atom is -0.481 e. The van der Waals surface area contributed by atoms with E-state index in [2.05, 4.69) is 60.0 Å². The number of methoxy groups -OCH3 is 2. The van der Waals surface area contributed by atoms with Gasteiger partial charge in [0.25, 0.3) is 15.9 Å². The molecule has 0 spiro atoms. The molecular weight excluding hydrogens is 642 g/mol. The summed E-state index contributed by atoms with van der Waals surface area (Å²) < 4.78 is 37.3. The van der Waals surface area contributed by atoms with E-state index in [0.717, 1.165) is 22.7 Å². The van der Waals surface area contributed by atoms with Crippen LogP contribution in [-0.4, -0.2) is 104 Å². The van der Waals surface area contributed by atoms with Gasteiger partial charge in [-0.2, -0.15) is 24.9 Å². The first-order valence-electron chi connectivity index (χ1n) is 13.4. The van der Waals surface area contributed by atoms with Gasteiger partial charge in [0.05, 0.1) is 25.8 Å². The van der Waals surface area contributed by atoms with Crippen molar-refractivity contribution in [2.75, 3.05) is 62.4 Å². The number of urea groups is 1. The van der Waals surface area contributed by atoms with Crippen LogP contribution in [0.25, 0.3) is 0 Å². The van der Waals surface area contributed by atoms with Crippen LogP contribution in [-0.2, 0) is 14.8 Å². The quantitative estimate of drug-likeness (QED) is 0.129. The minimum atomic E-state index is -4.54. The van der Waals surface area contributed by atoms with Gasteiger partial charge in [-0.25, -0.2) is 17.9 Å². The Morgan fingerprint density at radius 2 is 1.61 bits per heavy atom. The fourth-order valence-electron chi connectivity index (χ4n) is 3.30. The molecule has 0 fully saturated rings. The SMILES string of the molecule is CCNc1nc(NC(C)C)nc(SC)n1.COc1cc(OC)nc(NC(=O)NS(=O)(=O)c2cc(NC=O)ccc2C(=O)N(C)C)n1. The van der Waals surface area contributed by atoms with Crippen molar-refractivity contribution in [3.05, 3.63) is 29.8 Å². The molecule has 18 nitrogen and oxygen atoms in total. The van der Waals surface area contributed by atoms with Crippen molar-refractivity contribution in [3.8, 4) is 11.8 Å². The van der Waals surface area contributed by atoms with Crippen LogP contribution in [0.15, 0.2) is 34.3 Å². The number of carbonyl (C=O) groups excluding carboxylic acids is 3. The van der Waals surface area contributed by atoms with E-state index in [1.807, 2.05) is 13.2 Å². The van der Waals surface area contributed by atoms with Crippen molar-refractivity contribution < 1.29 is 32.3 Å². The Morgan fingerprint density at radius 1 is 0.978 bits per heavy atom. The highest BCUT2D eigenvalue weighted by molar-refractivity contribution is 7.98. The maximum Gasteiger partial charge on any atom is 0.335 e. The fraction of sp³-hybridized carbons (Fsp3) is 0.385. The second-order valence-corrected chi connectivity index (χ2v) is 11.7. The Hall–Kier alpha value is -4.98. The highest BCUT2D eigenvalue weighted by atomic mass is 32.2. The Labute approximate surface area is 270 Å². The molecule has 2 heterocycles. The van der Waals surface area contributed by atoms with Crippen LogP contribution in [0.5, 0.6) is 11.8 Å². The summed E-state index contributed by atoms with van der Waals surface area (Å²) in [4.78, 5) is 56.5. The second-order valence-electron chi connectivity index (χ2n) is 9.31. The van der Waals surface area contributed by atoms with Gasteiger partial charge in [0.1, 0.15) is 4.90 Å². The predicted octanol–water partition coefficient (Wildman–Crippen LogP) is 2.12. The van der Waals surface area contributed by atoms with Gasteiger partial charge in [0, 0.05) is 32.4 Å². The van der Waals surface area contributed by atoms with Crippen LogP contribution in [0, 0.1) is 0 Å². The first kappa shape index (κ1) is 37.2. The van der Waals surface area contributed by atoms with Crippen molar-refractivity contribution in [1.29, 1.82) is 0 Å². The van der Waals surface area contributed by atoms with Crippen LogP contribution < -0.4 is 35.5 Å². The van der Waals surface area contributed by atoms with Gasteiger partial charge in [-0.15, -0.1) is 0 Å². The molecule has 20 heteroatoms.